The Kier molecular flexibility index (Phi) is 5.26. The van der Waals surface area contributed by atoms with E-state index < -0.39 is 16.7 Å². The fourth-order valence-corrected chi connectivity index (χ4v) is 2.27. The molecule has 0 heterocycles. The van der Waals surface area contributed by atoms with Gasteiger partial charge in [0.2, 0.25) is 5.91 Å². The van der Waals surface area contributed by atoms with Gasteiger partial charge in [0.15, 0.2) is 0 Å². The Morgan fingerprint density at radius 3 is 2.42 bits per heavy atom. The number of carbonyl (C=O) groups excluding carboxylic acids is 2. The average molecular weight is 327 g/mol. The number of carbonyl (C=O) groups is 2. The van der Waals surface area contributed by atoms with Crippen LogP contribution < -0.4 is 10.6 Å². The second-order valence-corrected chi connectivity index (χ2v) is 5.27. The number of nitro benzene ring substituents is 1. The number of aryl methyl sites for hydroxylation is 1. The lowest BCUT2D eigenvalue weighted by molar-refractivity contribution is -0.385. The van der Waals surface area contributed by atoms with Gasteiger partial charge in [-0.3, -0.25) is 19.7 Å². The summed E-state index contributed by atoms with van der Waals surface area (Å²) in [4.78, 5) is 35.8. The van der Waals surface area contributed by atoms with Gasteiger partial charge in [-0.1, -0.05) is 24.3 Å². The molecule has 0 aliphatic heterocycles. The summed E-state index contributed by atoms with van der Waals surface area (Å²) < 4.78 is 0. The molecule has 0 aliphatic carbocycles. The van der Waals surface area contributed by atoms with Crippen LogP contribution in [0.1, 0.15) is 22.3 Å². The monoisotopic (exact) mass is 327 g/mol. The largest absolute Gasteiger partial charge is 0.370 e. The Balaban J connectivity index is 2.39. The Labute approximate surface area is 138 Å². The molecule has 0 saturated heterocycles. The summed E-state index contributed by atoms with van der Waals surface area (Å²) >= 11 is 0. The number of benzene rings is 2. The first-order valence-corrected chi connectivity index (χ1v) is 7.30. The van der Waals surface area contributed by atoms with E-state index in [0.29, 0.717) is 11.3 Å². The topological polar surface area (TPSA) is 107 Å². The molecule has 0 spiro atoms. The second-order valence-electron chi connectivity index (χ2n) is 5.27. The molecule has 0 atom stereocenters. The van der Waals surface area contributed by atoms with Crippen LogP contribution in [-0.2, 0) is 4.79 Å². The van der Waals surface area contributed by atoms with Crippen LogP contribution in [0.25, 0.3) is 0 Å². The lowest BCUT2D eigenvalue weighted by atomic mass is 10.1. The van der Waals surface area contributed by atoms with Crippen molar-refractivity contribution in [3.05, 3.63) is 69.8 Å². The number of nitrogens with zero attached hydrogens (tertiary/aromatic N) is 2. The SMILES string of the molecule is Cc1ccc(C(=O)N(CCC(N)=O)c2ccccc2)cc1[N+](=O)[O-]. The van der Waals surface area contributed by atoms with Gasteiger partial charge >= 0.3 is 0 Å². The van der Waals surface area contributed by atoms with Crippen molar-refractivity contribution >= 4 is 23.2 Å². The average Bonchev–Trinajstić information content (AvgIpc) is 2.55. The first-order chi connectivity index (χ1) is 11.4. The lowest BCUT2D eigenvalue weighted by Crippen LogP contribution is -2.34. The number of primary amides is 1. The summed E-state index contributed by atoms with van der Waals surface area (Å²) in [5.74, 6) is -0.954. The van der Waals surface area contributed by atoms with Crippen molar-refractivity contribution in [2.45, 2.75) is 13.3 Å². The van der Waals surface area contributed by atoms with Crippen LogP contribution in [0.2, 0.25) is 0 Å². The summed E-state index contributed by atoms with van der Waals surface area (Å²) in [6.07, 6.45) is -0.00537. The zero-order chi connectivity index (χ0) is 17.7. The Morgan fingerprint density at radius 1 is 1.17 bits per heavy atom. The smallest absolute Gasteiger partial charge is 0.273 e. The molecule has 0 bridgehead atoms. The van der Waals surface area contributed by atoms with Gasteiger partial charge < -0.3 is 10.6 Å². The van der Waals surface area contributed by atoms with Crippen LogP contribution in [-0.4, -0.2) is 23.3 Å². The van der Waals surface area contributed by atoms with Gasteiger partial charge in [-0.2, -0.15) is 0 Å². The molecule has 124 valence electrons. The van der Waals surface area contributed by atoms with Gasteiger partial charge in [0.1, 0.15) is 0 Å². The van der Waals surface area contributed by atoms with Crippen molar-refractivity contribution < 1.29 is 14.5 Å². The van der Waals surface area contributed by atoms with Crippen molar-refractivity contribution in [1.29, 1.82) is 0 Å². The van der Waals surface area contributed by atoms with Crippen LogP contribution in [0, 0.1) is 17.0 Å². The van der Waals surface area contributed by atoms with Crippen LogP contribution in [0.15, 0.2) is 48.5 Å². The van der Waals surface area contributed by atoms with Gasteiger partial charge in [0.05, 0.1) is 4.92 Å². The van der Waals surface area contributed by atoms with Crippen LogP contribution >= 0.6 is 0 Å². The molecule has 2 aromatic rings. The fourth-order valence-electron chi connectivity index (χ4n) is 2.27. The zero-order valence-corrected chi connectivity index (χ0v) is 13.1. The van der Waals surface area contributed by atoms with E-state index in [-0.39, 0.29) is 24.2 Å². The molecule has 0 aromatic heterocycles. The van der Waals surface area contributed by atoms with E-state index in [0.717, 1.165) is 0 Å². The summed E-state index contributed by atoms with van der Waals surface area (Å²) in [5, 5.41) is 11.1. The van der Waals surface area contributed by atoms with Gasteiger partial charge in [0.25, 0.3) is 11.6 Å². The molecular formula is C17H17N3O4. The molecule has 2 amide bonds. The summed E-state index contributed by atoms with van der Waals surface area (Å²) in [5.41, 5.74) is 6.30. The highest BCUT2D eigenvalue weighted by Crippen LogP contribution is 2.23. The van der Waals surface area contributed by atoms with E-state index in [1.165, 1.54) is 23.1 Å². The van der Waals surface area contributed by atoms with Crippen molar-refractivity contribution in [3.8, 4) is 0 Å². The van der Waals surface area contributed by atoms with Crippen LogP contribution in [0.5, 0.6) is 0 Å². The minimum absolute atomic E-state index is 0.00537. The zero-order valence-electron chi connectivity index (χ0n) is 13.1. The van der Waals surface area contributed by atoms with Gasteiger partial charge in [0, 0.05) is 35.8 Å². The Bertz CT molecular complexity index is 775. The molecule has 0 unspecified atom stereocenters. The number of para-hydroxylation sites is 1. The molecule has 2 aromatic carbocycles. The molecule has 0 aliphatic rings. The third-order valence-corrected chi connectivity index (χ3v) is 3.55. The van der Waals surface area contributed by atoms with Gasteiger partial charge in [-0.05, 0) is 25.1 Å². The number of hydrogen-bond acceptors (Lipinski definition) is 4. The van der Waals surface area contributed by atoms with Crippen LogP contribution in [0.4, 0.5) is 11.4 Å². The first kappa shape index (κ1) is 17.1. The number of nitro groups is 1. The Morgan fingerprint density at radius 2 is 1.83 bits per heavy atom. The van der Waals surface area contributed by atoms with Crippen molar-refractivity contribution in [2.24, 2.45) is 5.73 Å². The summed E-state index contributed by atoms with van der Waals surface area (Å²) in [7, 11) is 0. The quantitative estimate of drug-likeness (QED) is 0.649. The number of amides is 2. The molecule has 7 nitrogen and oxygen atoms in total. The van der Waals surface area contributed by atoms with Gasteiger partial charge in [-0.25, -0.2) is 0 Å². The molecule has 2 rings (SSSR count). The molecular weight excluding hydrogens is 310 g/mol. The molecule has 7 heteroatoms. The van der Waals surface area contributed by atoms with Crippen molar-refractivity contribution in [2.75, 3.05) is 11.4 Å². The number of nitrogens with two attached hydrogens (primary N) is 1. The minimum Gasteiger partial charge on any atom is -0.370 e. The van der Waals surface area contributed by atoms with Crippen molar-refractivity contribution in [3.63, 3.8) is 0 Å². The first-order valence-electron chi connectivity index (χ1n) is 7.30. The highest BCUT2D eigenvalue weighted by molar-refractivity contribution is 6.06. The second kappa shape index (κ2) is 7.36. The predicted octanol–water partition coefficient (Wildman–Crippen LogP) is 2.43. The normalized spacial score (nSPS) is 10.2. The minimum atomic E-state index is -0.529. The third-order valence-electron chi connectivity index (χ3n) is 3.55. The summed E-state index contributed by atoms with van der Waals surface area (Å²) in [6, 6.07) is 13.1. The third kappa shape index (κ3) is 3.95. The number of hydrogen-bond donors (Lipinski definition) is 1. The Hall–Kier alpha value is -3.22. The van der Waals surface area contributed by atoms with E-state index in [9.17, 15) is 19.7 Å². The molecule has 0 saturated carbocycles. The molecule has 2 N–H and O–H groups in total. The van der Waals surface area contributed by atoms with Gasteiger partial charge in [-0.15, -0.1) is 0 Å². The molecule has 24 heavy (non-hydrogen) atoms. The van der Waals surface area contributed by atoms with E-state index in [1.807, 2.05) is 0 Å². The highest BCUT2D eigenvalue weighted by atomic mass is 16.6. The van der Waals surface area contributed by atoms with Crippen LogP contribution in [0.3, 0.4) is 0 Å². The maximum absolute atomic E-state index is 12.8. The van der Waals surface area contributed by atoms with Crippen molar-refractivity contribution in [1.82, 2.24) is 0 Å². The summed E-state index contributed by atoms with van der Waals surface area (Å²) in [6.45, 7) is 1.70. The maximum atomic E-state index is 12.8. The number of anilines is 1. The molecule has 0 radical (unpaired) electrons. The lowest BCUT2D eigenvalue weighted by Gasteiger charge is -2.22. The maximum Gasteiger partial charge on any atom is 0.273 e. The standard InChI is InChI=1S/C17H17N3O4/c1-12-7-8-13(11-15(12)20(23)24)17(22)19(10-9-16(18)21)14-5-3-2-4-6-14/h2-8,11H,9-10H2,1H3,(H2,18,21). The van der Waals surface area contributed by atoms with E-state index in [1.54, 1.807) is 37.3 Å². The van der Waals surface area contributed by atoms with E-state index in [4.69, 9.17) is 5.73 Å². The highest BCUT2D eigenvalue weighted by Gasteiger charge is 2.21. The fraction of sp³-hybridized carbons (Fsp3) is 0.176. The van der Waals surface area contributed by atoms with E-state index in [2.05, 4.69) is 0 Å². The predicted molar refractivity (Wildman–Crippen MR) is 89.8 cm³/mol. The number of rotatable bonds is 6. The van der Waals surface area contributed by atoms with E-state index >= 15 is 0 Å². The molecule has 0 fully saturated rings.